The van der Waals surface area contributed by atoms with E-state index in [0.717, 1.165) is 10.6 Å². The third kappa shape index (κ3) is 3.73. The largest absolute Gasteiger partial charge is 0.481 e. The average Bonchev–Trinajstić information content (AvgIpc) is 2.41. The van der Waals surface area contributed by atoms with Gasteiger partial charge in [-0.3, -0.25) is 4.79 Å². The number of halogens is 1. The lowest BCUT2D eigenvalue weighted by Crippen LogP contribution is -2.40. The number of piperidine rings is 1. The summed E-state index contributed by atoms with van der Waals surface area (Å²) in [6.07, 6.45) is 1.88. The Kier molecular flexibility index (Phi) is 4.47. The van der Waals surface area contributed by atoms with Crippen LogP contribution >= 0.6 is 12.2 Å². The van der Waals surface area contributed by atoms with Crippen molar-refractivity contribution < 1.29 is 14.3 Å². The highest BCUT2D eigenvalue weighted by molar-refractivity contribution is 7.80. The standard InChI is InChI=1S/C14H16FNO2S/c15-12-3-1-10(2-4-12)9-13(19)16-7-5-11(6-8-16)14(17)18/h1-4,11H,5-9H2,(H,17,18). The minimum Gasteiger partial charge on any atom is -0.481 e. The molecule has 2 rings (SSSR count). The molecule has 1 aromatic carbocycles. The maximum absolute atomic E-state index is 12.8. The number of benzene rings is 1. The molecule has 0 unspecified atom stereocenters. The molecule has 1 aromatic rings. The first-order valence-corrected chi connectivity index (χ1v) is 6.72. The minimum atomic E-state index is -0.718. The molecule has 1 heterocycles. The lowest BCUT2D eigenvalue weighted by Gasteiger charge is -2.32. The van der Waals surface area contributed by atoms with E-state index in [1.807, 2.05) is 0 Å². The molecule has 0 spiro atoms. The Morgan fingerprint density at radius 3 is 2.42 bits per heavy atom. The second-order valence-electron chi connectivity index (χ2n) is 4.80. The van der Waals surface area contributed by atoms with Crippen LogP contribution in [0.25, 0.3) is 0 Å². The van der Waals surface area contributed by atoms with E-state index in [1.165, 1.54) is 12.1 Å². The molecule has 3 nitrogen and oxygen atoms in total. The highest BCUT2D eigenvalue weighted by atomic mass is 32.1. The Morgan fingerprint density at radius 1 is 1.32 bits per heavy atom. The van der Waals surface area contributed by atoms with Gasteiger partial charge >= 0.3 is 5.97 Å². The van der Waals surface area contributed by atoms with Crippen LogP contribution in [0, 0.1) is 11.7 Å². The van der Waals surface area contributed by atoms with Gasteiger partial charge in [0.2, 0.25) is 0 Å². The summed E-state index contributed by atoms with van der Waals surface area (Å²) in [6, 6.07) is 6.31. The highest BCUT2D eigenvalue weighted by Gasteiger charge is 2.25. The summed E-state index contributed by atoms with van der Waals surface area (Å²) in [7, 11) is 0. The van der Waals surface area contributed by atoms with Crippen molar-refractivity contribution in [2.45, 2.75) is 19.3 Å². The second-order valence-corrected chi connectivity index (χ2v) is 5.27. The van der Waals surface area contributed by atoms with Crippen LogP contribution in [0.5, 0.6) is 0 Å². The van der Waals surface area contributed by atoms with Crippen LogP contribution in [0.3, 0.4) is 0 Å². The Hall–Kier alpha value is -1.49. The highest BCUT2D eigenvalue weighted by Crippen LogP contribution is 2.18. The molecule has 0 aliphatic carbocycles. The monoisotopic (exact) mass is 281 g/mol. The van der Waals surface area contributed by atoms with Crippen LogP contribution in [0.4, 0.5) is 4.39 Å². The number of hydrogen-bond acceptors (Lipinski definition) is 2. The third-order valence-corrected chi connectivity index (χ3v) is 3.87. The molecule has 1 aliphatic heterocycles. The zero-order valence-electron chi connectivity index (χ0n) is 10.5. The van der Waals surface area contributed by atoms with E-state index < -0.39 is 5.97 Å². The van der Waals surface area contributed by atoms with E-state index in [4.69, 9.17) is 17.3 Å². The number of thiocarbonyl (C=S) groups is 1. The molecule has 5 heteroatoms. The molecule has 0 atom stereocenters. The van der Waals surface area contributed by atoms with Gasteiger partial charge in [0, 0.05) is 19.5 Å². The first-order valence-electron chi connectivity index (χ1n) is 6.31. The molecule has 0 amide bonds. The van der Waals surface area contributed by atoms with Gasteiger partial charge in [-0.05, 0) is 30.5 Å². The van der Waals surface area contributed by atoms with Gasteiger partial charge in [-0.15, -0.1) is 0 Å². The van der Waals surface area contributed by atoms with Crippen molar-refractivity contribution in [1.82, 2.24) is 4.90 Å². The number of hydrogen-bond donors (Lipinski definition) is 1. The summed E-state index contributed by atoms with van der Waals surface area (Å²) in [6.45, 7) is 1.38. The summed E-state index contributed by atoms with van der Waals surface area (Å²) < 4.78 is 12.8. The predicted molar refractivity (Wildman–Crippen MR) is 74.6 cm³/mol. The predicted octanol–water partition coefficient (Wildman–Crippen LogP) is 2.49. The first-order chi connectivity index (χ1) is 9.06. The van der Waals surface area contributed by atoms with Crippen LogP contribution in [-0.2, 0) is 11.2 Å². The summed E-state index contributed by atoms with van der Waals surface area (Å²) in [5.41, 5.74) is 0.978. The summed E-state index contributed by atoms with van der Waals surface area (Å²) in [5.74, 6) is -1.22. The number of rotatable bonds is 3. The van der Waals surface area contributed by atoms with Gasteiger partial charge in [0.25, 0.3) is 0 Å². The van der Waals surface area contributed by atoms with Crippen molar-refractivity contribution in [2.75, 3.05) is 13.1 Å². The maximum Gasteiger partial charge on any atom is 0.306 e. The van der Waals surface area contributed by atoms with Crippen molar-refractivity contribution in [3.63, 3.8) is 0 Å². The number of carbonyl (C=O) groups is 1. The molecule has 0 saturated carbocycles. The fourth-order valence-electron chi connectivity index (χ4n) is 2.26. The van der Waals surface area contributed by atoms with E-state index in [1.54, 1.807) is 12.1 Å². The number of carboxylic acid groups (broad SMARTS) is 1. The van der Waals surface area contributed by atoms with Crippen LogP contribution < -0.4 is 0 Å². The van der Waals surface area contributed by atoms with E-state index >= 15 is 0 Å². The molecule has 1 N–H and O–H groups in total. The summed E-state index contributed by atoms with van der Waals surface area (Å²) >= 11 is 5.38. The minimum absolute atomic E-state index is 0.245. The fraction of sp³-hybridized carbons (Fsp3) is 0.429. The maximum atomic E-state index is 12.8. The van der Waals surface area contributed by atoms with Gasteiger partial charge in [-0.1, -0.05) is 24.4 Å². The molecule has 1 aliphatic rings. The van der Waals surface area contributed by atoms with Crippen molar-refractivity contribution >= 4 is 23.2 Å². The van der Waals surface area contributed by atoms with Gasteiger partial charge in [0.1, 0.15) is 5.82 Å². The van der Waals surface area contributed by atoms with Gasteiger partial charge in [0.15, 0.2) is 0 Å². The van der Waals surface area contributed by atoms with Crippen LogP contribution in [0.15, 0.2) is 24.3 Å². The normalized spacial score (nSPS) is 16.4. The smallest absolute Gasteiger partial charge is 0.306 e. The molecular formula is C14H16FNO2S. The second kappa shape index (κ2) is 6.10. The van der Waals surface area contributed by atoms with Gasteiger partial charge in [-0.2, -0.15) is 0 Å². The number of aliphatic carboxylic acids is 1. The molecule has 0 radical (unpaired) electrons. The number of carboxylic acids is 1. The topological polar surface area (TPSA) is 40.5 Å². The quantitative estimate of drug-likeness (QED) is 0.864. The lowest BCUT2D eigenvalue weighted by atomic mass is 9.97. The molecule has 102 valence electrons. The number of likely N-dealkylation sites (tertiary alicyclic amines) is 1. The Balaban J connectivity index is 1.88. The van der Waals surface area contributed by atoms with E-state index in [9.17, 15) is 9.18 Å². The third-order valence-electron chi connectivity index (χ3n) is 3.47. The van der Waals surface area contributed by atoms with Crippen molar-refractivity contribution in [1.29, 1.82) is 0 Å². The van der Waals surface area contributed by atoms with E-state index in [-0.39, 0.29) is 11.7 Å². The van der Waals surface area contributed by atoms with Crippen LogP contribution in [0.2, 0.25) is 0 Å². The Labute approximate surface area is 117 Å². The van der Waals surface area contributed by atoms with Gasteiger partial charge in [0.05, 0.1) is 10.9 Å². The Bertz CT molecular complexity index is 467. The average molecular weight is 281 g/mol. The molecule has 1 fully saturated rings. The fourth-order valence-corrected chi connectivity index (χ4v) is 2.61. The van der Waals surface area contributed by atoms with Gasteiger partial charge in [-0.25, -0.2) is 4.39 Å². The molecular weight excluding hydrogens is 265 g/mol. The summed E-state index contributed by atoms with van der Waals surface area (Å²) in [4.78, 5) is 13.7. The van der Waals surface area contributed by atoms with Crippen molar-refractivity contribution in [2.24, 2.45) is 5.92 Å². The first kappa shape index (κ1) is 13.9. The molecule has 19 heavy (non-hydrogen) atoms. The Morgan fingerprint density at radius 2 is 1.89 bits per heavy atom. The molecule has 0 bridgehead atoms. The molecule has 0 aromatic heterocycles. The van der Waals surface area contributed by atoms with Crippen molar-refractivity contribution in [3.8, 4) is 0 Å². The zero-order valence-corrected chi connectivity index (χ0v) is 11.3. The number of nitrogens with zero attached hydrogens (tertiary/aromatic N) is 1. The lowest BCUT2D eigenvalue weighted by molar-refractivity contribution is -0.143. The SMILES string of the molecule is O=C(O)C1CCN(C(=S)Cc2ccc(F)cc2)CC1. The van der Waals surface area contributed by atoms with Crippen molar-refractivity contribution in [3.05, 3.63) is 35.6 Å². The zero-order chi connectivity index (χ0) is 13.8. The molecule has 1 saturated heterocycles. The summed E-state index contributed by atoms with van der Waals surface area (Å²) in [5, 5.41) is 8.94. The van der Waals surface area contributed by atoms with E-state index in [0.29, 0.717) is 32.4 Å². The van der Waals surface area contributed by atoms with Gasteiger partial charge < -0.3 is 10.0 Å². The van der Waals surface area contributed by atoms with E-state index in [2.05, 4.69) is 4.90 Å². The van der Waals surface area contributed by atoms with Crippen LogP contribution in [0.1, 0.15) is 18.4 Å². The van der Waals surface area contributed by atoms with Crippen LogP contribution in [-0.4, -0.2) is 34.1 Å².